The molecule has 3 heterocycles. The van der Waals surface area contributed by atoms with Gasteiger partial charge in [0.2, 0.25) is 11.8 Å². The van der Waals surface area contributed by atoms with Crippen molar-refractivity contribution in [2.24, 2.45) is 0 Å². The molecule has 1 aliphatic heterocycles. The van der Waals surface area contributed by atoms with Crippen LogP contribution in [0.1, 0.15) is 17.3 Å². The van der Waals surface area contributed by atoms with Crippen LogP contribution in [-0.4, -0.2) is 75.5 Å². The first kappa shape index (κ1) is 19.0. The van der Waals surface area contributed by atoms with E-state index in [4.69, 9.17) is 10.5 Å². The Morgan fingerprint density at radius 2 is 1.83 bits per heavy atom. The number of benzene rings is 1. The fourth-order valence-corrected chi connectivity index (χ4v) is 3.25. The van der Waals surface area contributed by atoms with Crippen molar-refractivity contribution in [3.05, 3.63) is 36.0 Å². The summed E-state index contributed by atoms with van der Waals surface area (Å²) in [5, 5.41) is 0. The molecule has 4 rings (SSSR count). The molecule has 2 aromatic heterocycles. The first-order valence-electron chi connectivity index (χ1n) is 9.56. The van der Waals surface area contributed by atoms with Crippen molar-refractivity contribution in [2.45, 2.75) is 6.92 Å². The van der Waals surface area contributed by atoms with Crippen LogP contribution in [0.5, 0.6) is 5.88 Å². The van der Waals surface area contributed by atoms with E-state index in [2.05, 4.69) is 31.9 Å². The molecular formula is C20H23N7O2. The van der Waals surface area contributed by atoms with Gasteiger partial charge in [-0.15, -0.1) is 0 Å². The standard InChI is InChI=1S/C20H23N7O2/c1-3-29-18-16-17(24-20(21)25-18)22-12-15(23-16)13-4-6-14(7-5-13)19(28)27-10-8-26(2)9-11-27/h4-7,12H,3,8-11H2,1-2H3,(H2,21,22,24,25). The Bertz CT molecular complexity index is 1030. The van der Waals surface area contributed by atoms with E-state index >= 15 is 0 Å². The number of carbonyl (C=O) groups is 1. The van der Waals surface area contributed by atoms with Crippen LogP contribution in [0.3, 0.4) is 0 Å². The van der Waals surface area contributed by atoms with Crippen LogP contribution < -0.4 is 10.5 Å². The van der Waals surface area contributed by atoms with Gasteiger partial charge in [0.25, 0.3) is 5.91 Å². The first-order valence-corrected chi connectivity index (χ1v) is 9.56. The molecule has 0 aliphatic carbocycles. The molecule has 9 heteroatoms. The second kappa shape index (κ2) is 7.96. The molecule has 1 aliphatic rings. The minimum Gasteiger partial charge on any atom is -0.476 e. The summed E-state index contributed by atoms with van der Waals surface area (Å²) in [6, 6.07) is 7.39. The maximum Gasteiger partial charge on any atom is 0.253 e. The number of carbonyl (C=O) groups excluding carboxylic acids is 1. The van der Waals surface area contributed by atoms with Gasteiger partial charge in [0.1, 0.15) is 0 Å². The predicted octanol–water partition coefficient (Wildman–Crippen LogP) is 1.46. The van der Waals surface area contributed by atoms with Crippen molar-refractivity contribution in [1.29, 1.82) is 0 Å². The van der Waals surface area contributed by atoms with E-state index in [0.29, 0.717) is 34.9 Å². The lowest BCUT2D eigenvalue weighted by Crippen LogP contribution is -2.47. The Balaban J connectivity index is 1.60. The summed E-state index contributed by atoms with van der Waals surface area (Å²) in [6.07, 6.45) is 1.63. The summed E-state index contributed by atoms with van der Waals surface area (Å²) >= 11 is 0. The number of piperazine rings is 1. The largest absolute Gasteiger partial charge is 0.476 e. The lowest BCUT2D eigenvalue weighted by atomic mass is 10.1. The van der Waals surface area contributed by atoms with Gasteiger partial charge in [-0.25, -0.2) is 9.97 Å². The Labute approximate surface area is 168 Å². The SMILES string of the molecule is CCOc1nc(N)nc2ncc(-c3ccc(C(=O)N4CCN(C)CC4)cc3)nc12. The van der Waals surface area contributed by atoms with Crippen LogP contribution in [0.25, 0.3) is 22.4 Å². The molecule has 0 saturated carbocycles. The highest BCUT2D eigenvalue weighted by Crippen LogP contribution is 2.24. The maximum atomic E-state index is 12.7. The third kappa shape index (κ3) is 3.95. The summed E-state index contributed by atoms with van der Waals surface area (Å²) in [4.78, 5) is 34.0. The van der Waals surface area contributed by atoms with Crippen LogP contribution in [-0.2, 0) is 0 Å². The molecule has 29 heavy (non-hydrogen) atoms. The van der Waals surface area contributed by atoms with Crippen LogP contribution in [0.4, 0.5) is 5.95 Å². The first-order chi connectivity index (χ1) is 14.0. The maximum absolute atomic E-state index is 12.7. The van der Waals surface area contributed by atoms with Gasteiger partial charge in [-0.1, -0.05) is 12.1 Å². The molecule has 1 amide bonds. The minimum atomic E-state index is 0.0525. The molecule has 2 N–H and O–H groups in total. The molecule has 0 spiro atoms. The molecule has 0 radical (unpaired) electrons. The van der Waals surface area contributed by atoms with E-state index in [0.717, 1.165) is 31.7 Å². The third-order valence-electron chi connectivity index (χ3n) is 4.89. The van der Waals surface area contributed by atoms with Crippen LogP contribution in [0.15, 0.2) is 30.5 Å². The lowest BCUT2D eigenvalue weighted by Gasteiger charge is -2.32. The second-order valence-corrected chi connectivity index (χ2v) is 6.92. The fourth-order valence-electron chi connectivity index (χ4n) is 3.25. The van der Waals surface area contributed by atoms with Gasteiger partial charge in [0, 0.05) is 37.3 Å². The van der Waals surface area contributed by atoms with Crippen molar-refractivity contribution in [3.8, 4) is 17.1 Å². The zero-order valence-corrected chi connectivity index (χ0v) is 16.5. The zero-order valence-electron chi connectivity index (χ0n) is 16.5. The summed E-state index contributed by atoms with van der Waals surface area (Å²) in [5.74, 6) is 0.456. The highest BCUT2D eigenvalue weighted by atomic mass is 16.5. The smallest absolute Gasteiger partial charge is 0.253 e. The van der Waals surface area contributed by atoms with Crippen molar-refractivity contribution < 1.29 is 9.53 Å². The summed E-state index contributed by atoms with van der Waals surface area (Å²) in [5.41, 5.74) is 8.70. The van der Waals surface area contributed by atoms with Gasteiger partial charge in [-0.05, 0) is 26.1 Å². The number of likely N-dealkylation sites (N-methyl/N-ethyl adjacent to an activating group) is 1. The molecule has 0 atom stereocenters. The van der Waals surface area contributed by atoms with Gasteiger partial charge >= 0.3 is 0 Å². The van der Waals surface area contributed by atoms with E-state index in [1.54, 1.807) is 6.20 Å². The Morgan fingerprint density at radius 3 is 2.52 bits per heavy atom. The molecule has 1 fully saturated rings. The van der Waals surface area contributed by atoms with Gasteiger partial charge < -0.3 is 20.3 Å². The number of anilines is 1. The van der Waals surface area contributed by atoms with E-state index in [1.165, 1.54) is 0 Å². The molecular weight excluding hydrogens is 370 g/mol. The number of rotatable bonds is 4. The fraction of sp³-hybridized carbons (Fsp3) is 0.350. The summed E-state index contributed by atoms with van der Waals surface area (Å²) < 4.78 is 5.53. The van der Waals surface area contributed by atoms with Crippen LogP contribution >= 0.6 is 0 Å². The van der Waals surface area contributed by atoms with E-state index < -0.39 is 0 Å². The van der Waals surface area contributed by atoms with Gasteiger partial charge in [0.15, 0.2) is 11.2 Å². The van der Waals surface area contributed by atoms with E-state index in [9.17, 15) is 4.79 Å². The summed E-state index contributed by atoms with van der Waals surface area (Å²) in [6.45, 7) is 5.57. The van der Waals surface area contributed by atoms with Gasteiger partial charge in [0.05, 0.1) is 18.5 Å². The highest BCUT2D eigenvalue weighted by molar-refractivity contribution is 5.94. The number of fused-ring (bicyclic) bond motifs is 1. The second-order valence-electron chi connectivity index (χ2n) is 6.92. The van der Waals surface area contributed by atoms with Crippen molar-refractivity contribution in [3.63, 3.8) is 0 Å². The quantitative estimate of drug-likeness (QED) is 0.709. The Morgan fingerprint density at radius 1 is 1.10 bits per heavy atom. The number of nitrogen functional groups attached to an aromatic ring is 1. The normalized spacial score (nSPS) is 14.9. The number of hydrogen-bond acceptors (Lipinski definition) is 8. The minimum absolute atomic E-state index is 0.0525. The average molecular weight is 393 g/mol. The van der Waals surface area contributed by atoms with E-state index in [-0.39, 0.29) is 11.9 Å². The van der Waals surface area contributed by atoms with E-state index in [1.807, 2.05) is 36.1 Å². The molecule has 0 bridgehead atoms. The van der Waals surface area contributed by atoms with Crippen molar-refractivity contribution in [2.75, 3.05) is 45.6 Å². The molecule has 0 unspecified atom stereocenters. The molecule has 1 saturated heterocycles. The molecule has 1 aromatic carbocycles. The number of hydrogen-bond donors (Lipinski definition) is 1. The Kier molecular flexibility index (Phi) is 5.22. The van der Waals surface area contributed by atoms with Crippen molar-refractivity contribution >= 4 is 23.0 Å². The number of ether oxygens (including phenoxy) is 1. The predicted molar refractivity (Wildman–Crippen MR) is 110 cm³/mol. The molecule has 9 nitrogen and oxygen atoms in total. The monoisotopic (exact) mass is 393 g/mol. The number of nitrogens with two attached hydrogens (primary N) is 1. The number of aromatic nitrogens is 4. The van der Waals surface area contributed by atoms with Gasteiger partial charge in [-0.2, -0.15) is 9.97 Å². The topological polar surface area (TPSA) is 110 Å². The van der Waals surface area contributed by atoms with Crippen molar-refractivity contribution in [1.82, 2.24) is 29.7 Å². The average Bonchev–Trinajstić information content (AvgIpc) is 2.74. The van der Waals surface area contributed by atoms with Crippen LogP contribution in [0, 0.1) is 0 Å². The highest BCUT2D eigenvalue weighted by Gasteiger charge is 2.20. The number of nitrogens with zero attached hydrogens (tertiary/aromatic N) is 6. The molecule has 3 aromatic rings. The van der Waals surface area contributed by atoms with Crippen LogP contribution in [0.2, 0.25) is 0 Å². The lowest BCUT2D eigenvalue weighted by molar-refractivity contribution is 0.0664. The number of amides is 1. The van der Waals surface area contributed by atoms with Gasteiger partial charge in [-0.3, -0.25) is 4.79 Å². The summed E-state index contributed by atoms with van der Waals surface area (Å²) in [7, 11) is 2.07. The third-order valence-corrected chi connectivity index (χ3v) is 4.89. The molecule has 150 valence electrons. The Hall–Kier alpha value is -3.33. The zero-order chi connectivity index (χ0) is 20.4.